The fourth-order valence-corrected chi connectivity index (χ4v) is 4.71. The molecule has 2 N–H and O–H groups in total. The first-order chi connectivity index (χ1) is 10.0. The van der Waals surface area contributed by atoms with E-state index in [0.717, 1.165) is 22.5 Å². The van der Waals surface area contributed by atoms with Crippen molar-refractivity contribution < 1.29 is 9.90 Å². The van der Waals surface area contributed by atoms with E-state index >= 15 is 0 Å². The van der Waals surface area contributed by atoms with E-state index in [1.807, 2.05) is 12.3 Å². The van der Waals surface area contributed by atoms with E-state index in [1.165, 1.54) is 25.7 Å². The topological polar surface area (TPSA) is 62.2 Å². The van der Waals surface area contributed by atoms with Crippen LogP contribution >= 0.6 is 11.3 Å². The van der Waals surface area contributed by atoms with Gasteiger partial charge in [0, 0.05) is 11.8 Å². The minimum atomic E-state index is -0.629. The van der Waals surface area contributed by atoms with E-state index in [9.17, 15) is 9.90 Å². The Morgan fingerprint density at radius 1 is 1.52 bits per heavy atom. The maximum atomic E-state index is 12.3. The van der Waals surface area contributed by atoms with Crippen molar-refractivity contribution in [2.24, 2.45) is 17.8 Å². The fraction of sp³-hybridized carbons (Fsp3) is 0.750. The quantitative estimate of drug-likeness (QED) is 0.879. The van der Waals surface area contributed by atoms with Crippen LogP contribution in [0.4, 0.5) is 0 Å². The molecule has 2 bridgehead atoms. The van der Waals surface area contributed by atoms with Gasteiger partial charge in [0.25, 0.3) is 0 Å². The summed E-state index contributed by atoms with van der Waals surface area (Å²) in [6.45, 7) is 3.64. The lowest BCUT2D eigenvalue weighted by Gasteiger charge is -2.24. The molecule has 116 valence electrons. The number of aryl methyl sites for hydroxylation is 1. The lowest BCUT2D eigenvalue weighted by molar-refractivity contribution is -0.124. The molecule has 21 heavy (non-hydrogen) atoms. The maximum Gasteiger partial charge on any atom is 0.220 e. The Kier molecular flexibility index (Phi) is 4.31. The largest absolute Gasteiger partial charge is 0.391 e. The Bertz CT molecular complexity index is 514. The highest BCUT2D eigenvalue weighted by molar-refractivity contribution is 7.09. The number of carbonyl (C=O) groups is 1. The highest BCUT2D eigenvalue weighted by atomic mass is 32.1. The van der Waals surface area contributed by atoms with Crippen molar-refractivity contribution in [3.63, 3.8) is 0 Å². The number of amides is 1. The number of hydrogen-bond donors (Lipinski definition) is 2. The summed E-state index contributed by atoms with van der Waals surface area (Å²) in [5, 5.41) is 15.8. The average Bonchev–Trinajstić information content (AvgIpc) is 3.12. The van der Waals surface area contributed by atoms with Crippen LogP contribution in [0.3, 0.4) is 0 Å². The highest BCUT2D eigenvalue weighted by Crippen LogP contribution is 2.49. The smallest absolute Gasteiger partial charge is 0.220 e. The zero-order chi connectivity index (χ0) is 15.0. The van der Waals surface area contributed by atoms with Crippen molar-refractivity contribution >= 4 is 17.2 Å². The Morgan fingerprint density at radius 3 is 2.86 bits per heavy atom. The van der Waals surface area contributed by atoms with E-state index in [1.54, 1.807) is 18.3 Å². The first-order valence-electron chi connectivity index (χ1n) is 7.92. The number of nitrogens with zero attached hydrogens (tertiary/aromatic N) is 1. The molecule has 5 heteroatoms. The van der Waals surface area contributed by atoms with E-state index < -0.39 is 6.10 Å². The Balaban J connectivity index is 1.59. The summed E-state index contributed by atoms with van der Waals surface area (Å²) >= 11 is 1.55. The Labute approximate surface area is 130 Å². The molecule has 1 aromatic heterocycles. The molecule has 5 unspecified atom stereocenters. The van der Waals surface area contributed by atoms with Crippen LogP contribution in [-0.2, 0) is 4.79 Å². The van der Waals surface area contributed by atoms with Gasteiger partial charge in [-0.25, -0.2) is 4.98 Å². The fourth-order valence-electron chi connectivity index (χ4n) is 4.06. The van der Waals surface area contributed by atoms with Crippen LogP contribution < -0.4 is 5.32 Å². The van der Waals surface area contributed by atoms with Gasteiger partial charge in [-0.05, 0) is 50.9 Å². The standard InChI is InChI=1S/C16H24N2O2S/c1-9(19)16(14-8-21-10(2)17-14)18-15(20)7-13-6-11-3-4-12(13)5-11/h8-9,11-13,16,19H,3-7H2,1-2H3,(H,18,20). The van der Waals surface area contributed by atoms with E-state index in [0.29, 0.717) is 12.3 Å². The zero-order valence-corrected chi connectivity index (χ0v) is 13.5. The molecular formula is C16H24N2O2S. The number of nitrogens with one attached hydrogen (secondary N) is 1. The van der Waals surface area contributed by atoms with E-state index in [-0.39, 0.29) is 11.9 Å². The molecule has 1 amide bonds. The Hall–Kier alpha value is -0.940. The number of thiazole rings is 1. The lowest BCUT2D eigenvalue weighted by atomic mass is 9.86. The number of aromatic nitrogens is 1. The third-order valence-electron chi connectivity index (χ3n) is 5.09. The molecule has 0 spiro atoms. The normalized spacial score (nSPS) is 30.3. The molecular weight excluding hydrogens is 284 g/mol. The number of aliphatic hydroxyl groups excluding tert-OH is 1. The van der Waals surface area contributed by atoms with Gasteiger partial charge in [-0.1, -0.05) is 6.42 Å². The van der Waals surface area contributed by atoms with Gasteiger partial charge < -0.3 is 10.4 Å². The molecule has 5 atom stereocenters. The molecule has 0 aliphatic heterocycles. The summed E-state index contributed by atoms with van der Waals surface area (Å²) in [4.78, 5) is 16.7. The predicted octanol–water partition coefficient (Wildman–Crippen LogP) is 2.82. The first kappa shape index (κ1) is 15.0. The van der Waals surface area contributed by atoms with Gasteiger partial charge in [0.15, 0.2) is 0 Å². The van der Waals surface area contributed by atoms with Gasteiger partial charge in [-0.15, -0.1) is 11.3 Å². The van der Waals surface area contributed by atoms with E-state index in [2.05, 4.69) is 10.3 Å². The molecule has 4 nitrogen and oxygen atoms in total. The number of carbonyl (C=O) groups excluding carboxylic acids is 1. The van der Waals surface area contributed by atoms with Crippen LogP contribution in [0.15, 0.2) is 5.38 Å². The SMILES string of the molecule is Cc1nc(C(NC(=O)CC2CC3CCC2C3)C(C)O)cs1. The molecule has 1 aromatic rings. The van der Waals surface area contributed by atoms with Gasteiger partial charge in [0.05, 0.1) is 22.8 Å². The van der Waals surface area contributed by atoms with Crippen LogP contribution in [0.1, 0.15) is 55.8 Å². The van der Waals surface area contributed by atoms with Crippen molar-refractivity contribution in [2.45, 2.75) is 58.1 Å². The average molecular weight is 308 g/mol. The molecule has 3 rings (SSSR count). The molecule has 2 fully saturated rings. The predicted molar refractivity (Wildman–Crippen MR) is 83.0 cm³/mol. The minimum absolute atomic E-state index is 0.0594. The third kappa shape index (κ3) is 3.29. The van der Waals surface area contributed by atoms with Crippen LogP contribution in [0.5, 0.6) is 0 Å². The van der Waals surface area contributed by atoms with Crippen LogP contribution in [-0.4, -0.2) is 22.1 Å². The molecule has 2 aliphatic carbocycles. The molecule has 0 aromatic carbocycles. The first-order valence-corrected chi connectivity index (χ1v) is 8.80. The van der Waals surface area contributed by atoms with Crippen molar-refractivity contribution in [3.05, 3.63) is 16.1 Å². The number of hydrogen-bond acceptors (Lipinski definition) is 4. The van der Waals surface area contributed by atoms with E-state index in [4.69, 9.17) is 0 Å². The maximum absolute atomic E-state index is 12.3. The zero-order valence-electron chi connectivity index (χ0n) is 12.7. The molecule has 1 heterocycles. The molecule has 2 saturated carbocycles. The number of rotatable bonds is 5. The van der Waals surface area contributed by atoms with Gasteiger partial charge >= 0.3 is 0 Å². The second-order valence-corrected chi connectivity index (χ2v) is 7.78. The molecule has 0 radical (unpaired) electrons. The van der Waals surface area contributed by atoms with Crippen molar-refractivity contribution in [1.82, 2.24) is 10.3 Å². The minimum Gasteiger partial charge on any atom is -0.391 e. The lowest BCUT2D eigenvalue weighted by Crippen LogP contribution is -2.36. The number of fused-ring (bicyclic) bond motifs is 2. The summed E-state index contributed by atoms with van der Waals surface area (Å²) in [6, 6.07) is -0.388. The van der Waals surface area contributed by atoms with Gasteiger partial charge in [0.2, 0.25) is 5.91 Å². The summed E-state index contributed by atoms with van der Waals surface area (Å²) in [5.74, 6) is 2.23. The van der Waals surface area contributed by atoms with Crippen molar-refractivity contribution in [1.29, 1.82) is 0 Å². The third-order valence-corrected chi connectivity index (χ3v) is 5.88. The van der Waals surface area contributed by atoms with Gasteiger partial charge in [0.1, 0.15) is 0 Å². The second-order valence-electron chi connectivity index (χ2n) is 6.72. The number of aliphatic hydroxyl groups is 1. The van der Waals surface area contributed by atoms with Crippen molar-refractivity contribution in [3.8, 4) is 0 Å². The van der Waals surface area contributed by atoms with Crippen molar-refractivity contribution in [2.75, 3.05) is 0 Å². The summed E-state index contributed by atoms with van der Waals surface area (Å²) < 4.78 is 0. The highest BCUT2D eigenvalue weighted by Gasteiger charge is 2.40. The summed E-state index contributed by atoms with van der Waals surface area (Å²) in [6.07, 6.45) is 5.17. The van der Waals surface area contributed by atoms with Crippen LogP contribution in [0.2, 0.25) is 0 Å². The van der Waals surface area contributed by atoms with Crippen LogP contribution in [0, 0.1) is 24.7 Å². The van der Waals surface area contributed by atoms with Gasteiger partial charge in [-0.3, -0.25) is 4.79 Å². The summed E-state index contributed by atoms with van der Waals surface area (Å²) in [5.41, 5.74) is 0.772. The monoisotopic (exact) mass is 308 g/mol. The van der Waals surface area contributed by atoms with Gasteiger partial charge in [-0.2, -0.15) is 0 Å². The van der Waals surface area contributed by atoms with Crippen LogP contribution in [0.25, 0.3) is 0 Å². The molecule has 2 aliphatic rings. The summed E-state index contributed by atoms with van der Waals surface area (Å²) in [7, 11) is 0. The second kappa shape index (κ2) is 6.05. The Morgan fingerprint density at radius 2 is 2.33 bits per heavy atom. The molecule has 0 saturated heterocycles.